The Morgan fingerprint density at radius 1 is 1.09 bits per heavy atom. The Kier molecular flexibility index (Phi) is 5.07. The molecule has 22 heavy (non-hydrogen) atoms. The van der Waals surface area contributed by atoms with Gasteiger partial charge in [0.25, 0.3) is 0 Å². The smallest absolute Gasteiger partial charge is 0.336 e. The Bertz CT molecular complexity index is 722. The van der Waals surface area contributed by atoms with Crippen LogP contribution < -0.4 is 9.47 Å². The van der Waals surface area contributed by atoms with Crippen LogP contribution in [-0.2, 0) is 4.79 Å². The minimum Gasteiger partial charge on any atom is -0.493 e. The monoisotopic (exact) mass is 318 g/mol. The minimum absolute atomic E-state index is 0.119. The van der Waals surface area contributed by atoms with Crippen LogP contribution in [0.2, 0.25) is 5.02 Å². The van der Waals surface area contributed by atoms with Crippen molar-refractivity contribution < 1.29 is 19.4 Å². The van der Waals surface area contributed by atoms with Crippen molar-refractivity contribution in [1.29, 1.82) is 0 Å². The summed E-state index contributed by atoms with van der Waals surface area (Å²) in [6.45, 7) is 0. The SMILES string of the molecule is COc1ccc(/C(=C/c2ccccc2Cl)C(=O)O)cc1OC. The first-order valence-electron chi connectivity index (χ1n) is 6.48. The number of carboxylic acids is 1. The molecule has 0 aliphatic heterocycles. The van der Waals surface area contributed by atoms with Crippen LogP contribution in [-0.4, -0.2) is 25.3 Å². The number of methoxy groups -OCH3 is 2. The van der Waals surface area contributed by atoms with E-state index in [-0.39, 0.29) is 5.57 Å². The van der Waals surface area contributed by atoms with Crippen LogP contribution in [0.15, 0.2) is 42.5 Å². The molecule has 0 atom stereocenters. The summed E-state index contributed by atoms with van der Waals surface area (Å²) in [4.78, 5) is 11.6. The number of carbonyl (C=O) groups is 1. The average molecular weight is 319 g/mol. The highest BCUT2D eigenvalue weighted by molar-refractivity contribution is 6.33. The van der Waals surface area contributed by atoms with Crippen molar-refractivity contribution in [2.45, 2.75) is 0 Å². The number of aliphatic carboxylic acids is 1. The quantitative estimate of drug-likeness (QED) is 0.669. The topological polar surface area (TPSA) is 55.8 Å². The first kappa shape index (κ1) is 15.9. The third-order valence-corrected chi connectivity index (χ3v) is 3.47. The zero-order valence-corrected chi connectivity index (χ0v) is 12.9. The van der Waals surface area contributed by atoms with Gasteiger partial charge in [0.1, 0.15) is 0 Å². The molecule has 114 valence electrons. The zero-order chi connectivity index (χ0) is 16.1. The van der Waals surface area contributed by atoms with Crippen molar-refractivity contribution in [3.63, 3.8) is 0 Å². The first-order chi connectivity index (χ1) is 10.6. The summed E-state index contributed by atoms with van der Waals surface area (Å²) in [5.41, 5.74) is 1.26. The number of hydrogen-bond donors (Lipinski definition) is 1. The third-order valence-electron chi connectivity index (χ3n) is 3.13. The fourth-order valence-corrected chi connectivity index (χ4v) is 2.21. The molecule has 0 amide bonds. The number of halogens is 1. The Morgan fingerprint density at radius 3 is 2.36 bits per heavy atom. The van der Waals surface area contributed by atoms with Crippen LogP contribution in [0.1, 0.15) is 11.1 Å². The summed E-state index contributed by atoms with van der Waals surface area (Å²) in [7, 11) is 3.02. The Labute approximate surface area is 133 Å². The summed E-state index contributed by atoms with van der Waals surface area (Å²) in [6, 6.07) is 12.0. The number of rotatable bonds is 5. The summed E-state index contributed by atoms with van der Waals surface area (Å²) in [5, 5.41) is 9.97. The van der Waals surface area contributed by atoms with E-state index in [0.717, 1.165) is 0 Å². The van der Waals surface area contributed by atoms with Crippen LogP contribution in [0.5, 0.6) is 11.5 Å². The van der Waals surface area contributed by atoms with E-state index in [1.165, 1.54) is 20.3 Å². The van der Waals surface area contributed by atoms with Gasteiger partial charge in [-0.15, -0.1) is 0 Å². The van der Waals surface area contributed by atoms with Crippen molar-refractivity contribution in [3.05, 3.63) is 58.6 Å². The van der Waals surface area contributed by atoms with E-state index in [1.807, 2.05) is 0 Å². The highest BCUT2D eigenvalue weighted by Crippen LogP contribution is 2.31. The maximum Gasteiger partial charge on any atom is 0.336 e. The van der Waals surface area contributed by atoms with E-state index >= 15 is 0 Å². The van der Waals surface area contributed by atoms with Gasteiger partial charge in [-0.2, -0.15) is 0 Å². The molecule has 2 aromatic rings. The van der Waals surface area contributed by atoms with Gasteiger partial charge >= 0.3 is 5.97 Å². The van der Waals surface area contributed by atoms with E-state index < -0.39 is 5.97 Å². The van der Waals surface area contributed by atoms with Gasteiger partial charge in [0, 0.05) is 5.02 Å². The zero-order valence-electron chi connectivity index (χ0n) is 12.2. The predicted octanol–water partition coefficient (Wildman–Crippen LogP) is 3.98. The second kappa shape index (κ2) is 7.00. The van der Waals surface area contributed by atoms with Gasteiger partial charge in [-0.1, -0.05) is 35.9 Å². The lowest BCUT2D eigenvalue weighted by Gasteiger charge is -2.10. The van der Waals surface area contributed by atoms with Crippen LogP contribution in [0.25, 0.3) is 11.6 Å². The van der Waals surface area contributed by atoms with Gasteiger partial charge in [-0.05, 0) is 35.4 Å². The fraction of sp³-hybridized carbons (Fsp3) is 0.118. The van der Waals surface area contributed by atoms with Crippen LogP contribution in [0.4, 0.5) is 0 Å². The minimum atomic E-state index is -1.05. The maximum absolute atomic E-state index is 11.6. The van der Waals surface area contributed by atoms with Crippen LogP contribution in [0, 0.1) is 0 Å². The lowest BCUT2D eigenvalue weighted by atomic mass is 10.0. The third kappa shape index (κ3) is 3.40. The number of ether oxygens (including phenoxy) is 2. The number of hydrogen-bond acceptors (Lipinski definition) is 3. The molecule has 5 heteroatoms. The average Bonchev–Trinajstić information content (AvgIpc) is 2.53. The molecule has 0 spiro atoms. The van der Waals surface area contributed by atoms with E-state index in [0.29, 0.717) is 27.6 Å². The molecule has 0 fully saturated rings. The molecule has 0 aromatic heterocycles. The van der Waals surface area contributed by atoms with Crippen molar-refractivity contribution in [2.24, 2.45) is 0 Å². The molecule has 2 rings (SSSR count). The standard InChI is InChI=1S/C17H15ClO4/c1-21-15-8-7-11(10-16(15)22-2)13(17(19)20)9-12-5-3-4-6-14(12)18/h3-10H,1-2H3,(H,19,20)/b13-9-. The molecule has 0 unspecified atom stereocenters. The molecule has 0 saturated heterocycles. The summed E-state index contributed by atoms with van der Waals surface area (Å²) in [6.07, 6.45) is 1.53. The largest absolute Gasteiger partial charge is 0.493 e. The van der Waals surface area contributed by atoms with Crippen molar-refractivity contribution in [3.8, 4) is 11.5 Å². The Morgan fingerprint density at radius 2 is 1.77 bits per heavy atom. The second-order valence-electron chi connectivity index (χ2n) is 4.45. The lowest BCUT2D eigenvalue weighted by molar-refractivity contribution is -0.130. The Hall–Kier alpha value is -2.46. The molecule has 0 heterocycles. The van der Waals surface area contributed by atoms with Crippen molar-refractivity contribution >= 4 is 29.2 Å². The van der Waals surface area contributed by atoms with Gasteiger partial charge in [-0.3, -0.25) is 0 Å². The number of carboxylic acid groups (broad SMARTS) is 1. The van der Waals surface area contributed by atoms with E-state index in [1.54, 1.807) is 42.5 Å². The molecule has 4 nitrogen and oxygen atoms in total. The second-order valence-corrected chi connectivity index (χ2v) is 4.86. The molecule has 1 N–H and O–H groups in total. The van der Waals surface area contributed by atoms with E-state index in [2.05, 4.69) is 0 Å². The molecule has 2 aromatic carbocycles. The van der Waals surface area contributed by atoms with Crippen molar-refractivity contribution in [2.75, 3.05) is 14.2 Å². The van der Waals surface area contributed by atoms with Crippen LogP contribution >= 0.6 is 11.6 Å². The van der Waals surface area contributed by atoms with Gasteiger partial charge < -0.3 is 14.6 Å². The number of benzene rings is 2. The van der Waals surface area contributed by atoms with Gasteiger partial charge in [-0.25, -0.2) is 4.79 Å². The van der Waals surface area contributed by atoms with Crippen molar-refractivity contribution in [1.82, 2.24) is 0 Å². The molecule has 0 radical (unpaired) electrons. The summed E-state index contributed by atoms with van der Waals surface area (Å²) >= 11 is 6.08. The van der Waals surface area contributed by atoms with E-state index in [4.69, 9.17) is 21.1 Å². The highest BCUT2D eigenvalue weighted by atomic mass is 35.5. The molecule has 0 aliphatic carbocycles. The molecular formula is C17H15ClO4. The van der Waals surface area contributed by atoms with Gasteiger partial charge in [0.15, 0.2) is 11.5 Å². The molecule has 0 saturated carbocycles. The van der Waals surface area contributed by atoms with Gasteiger partial charge in [0.2, 0.25) is 0 Å². The summed E-state index contributed by atoms with van der Waals surface area (Å²) < 4.78 is 10.4. The normalized spacial score (nSPS) is 11.1. The van der Waals surface area contributed by atoms with Crippen LogP contribution in [0.3, 0.4) is 0 Å². The van der Waals surface area contributed by atoms with E-state index in [9.17, 15) is 9.90 Å². The fourth-order valence-electron chi connectivity index (χ4n) is 2.02. The highest BCUT2D eigenvalue weighted by Gasteiger charge is 2.14. The first-order valence-corrected chi connectivity index (χ1v) is 6.86. The Balaban J connectivity index is 2.54. The van der Waals surface area contributed by atoms with Gasteiger partial charge in [0.05, 0.1) is 19.8 Å². The predicted molar refractivity (Wildman–Crippen MR) is 86.5 cm³/mol. The molecule has 0 aliphatic rings. The molecular weight excluding hydrogens is 304 g/mol. The maximum atomic E-state index is 11.6. The summed E-state index contributed by atoms with van der Waals surface area (Å²) in [5.74, 6) is -0.0489. The molecule has 0 bridgehead atoms. The lowest BCUT2D eigenvalue weighted by Crippen LogP contribution is -2.01.